The maximum absolute atomic E-state index is 6.61. The molecule has 208 valence electrons. The number of aromatic nitrogens is 3. The van der Waals surface area contributed by atoms with Crippen molar-refractivity contribution in [3.8, 4) is 45.0 Å². The molecule has 0 bridgehead atoms. The van der Waals surface area contributed by atoms with Crippen molar-refractivity contribution < 1.29 is 0 Å². The van der Waals surface area contributed by atoms with Crippen LogP contribution in [0.5, 0.6) is 0 Å². The molecule has 0 fully saturated rings. The van der Waals surface area contributed by atoms with Gasteiger partial charge in [-0.2, -0.15) is 9.97 Å². The Balaban J connectivity index is 1.33. The zero-order chi connectivity index (χ0) is 29.5. The first kappa shape index (κ1) is 26.3. The van der Waals surface area contributed by atoms with Crippen LogP contribution in [0, 0.1) is 0 Å². The van der Waals surface area contributed by atoms with E-state index in [2.05, 4.69) is 137 Å². The highest BCUT2D eigenvalue weighted by Gasteiger charge is 2.46. The van der Waals surface area contributed by atoms with Crippen LogP contribution in [0.3, 0.4) is 0 Å². The van der Waals surface area contributed by atoms with Gasteiger partial charge in [-0.3, -0.25) is 0 Å². The van der Waals surface area contributed by atoms with E-state index in [0.29, 0.717) is 11.6 Å². The minimum Gasteiger partial charge on any atom is -0.208 e. The Morgan fingerprint density at radius 1 is 0.386 bits per heavy atom. The van der Waals surface area contributed by atoms with Crippen LogP contribution in [-0.2, 0) is 5.41 Å². The van der Waals surface area contributed by atoms with Gasteiger partial charge in [0.2, 0.25) is 5.28 Å². The number of halogens is 1. The van der Waals surface area contributed by atoms with Crippen LogP contribution in [-0.4, -0.2) is 15.0 Å². The molecule has 1 aliphatic rings. The zero-order valence-electron chi connectivity index (χ0n) is 23.7. The molecular formula is C40H26ClN3. The van der Waals surface area contributed by atoms with E-state index in [1.54, 1.807) is 0 Å². The SMILES string of the molecule is Clc1nc(-c2ccc(-c3ccccc3)cc2)nc(-c2cccc3c2-c2ccccc2C3(c2ccccc2)c2ccccc2)n1. The lowest BCUT2D eigenvalue weighted by Crippen LogP contribution is -2.28. The van der Waals surface area contributed by atoms with Gasteiger partial charge in [-0.25, -0.2) is 4.98 Å². The van der Waals surface area contributed by atoms with Crippen LogP contribution >= 0.6 is 11.6 Å². The Morgan fingerprint density at radius 2 is 0.886 bits per heavy atom. The van der Waals surface area contributed by atoms with E-state index in [9.17, 15) is 0 Å². The third kappa shape index (κ3) is 4.16. The lowest BCUT2D eigenvalue weighted by atomic mass is 9.67. The third-order valence-corrected chi connectivity index (χ3v) is 8.75. The second-order valence-corrected chi connectivity index (χ2v) is 11.3. The highest BCUT2D eigenvalue weighted by Crippen LogP contribution is 2.57. The molecule has 44 heavy (non-hydrogen) atoms. The summed E-state index contributed by atoms with van der Waals surface area (Å²) in [5.41, 5.74) is 10.7. The first-order valence-corrected chi connectivity index (χ1v) is 15.0. The molecule has 0 spiro atoms. The molecular weight excluding hydrogens is 558 g/mol. The van der Waals surface area contributed by atoms with Gasteiger partial charge in [-0.1, -0.05) is 158 Å². The van der Waals surface area contributed by atoms with Crippen molar-refractivity contribution >= 4 is 11.6 Å². The van der Waals surface area contributed by atoms with Crippen LogP contribution in [0.2, 0.25) is 5.28 Å². The molecule has 7 aromatic rings. The summed E-state index contributed by atoms with van der Waals surface area (Å²) in [4.78, 5) is 14.2. The summed E-state index contributed by atoms with van der Waals surface area (Å²) in [7, 11) is 0. The summed E-state index contributed by atoms with van der Waals surface area (Å²) in [6.07, 6.45) is 0. The second kappa shape index (κ2) is 10.7. The van der Waals surface area contributed by atoms with E-state index >= 15 is 0 Å². The average Bonchev–Trinajstić information content (AvgIpc) is 3.41. The van der Waals surface area contributed by atoms with Gasteiger partial charge in [0, 0.05) is 11.1 Å². The van der Waals surface area contributed by atoms with E-state index in [4.69, 9.17) is 16.6 Å². The third-order valence-electron chi connectivity index (χ3n) is 8.58. The van der Waals surface area contributed by atoms with Crippen molar-refractivity contribution in [2.75, 3.05) is 0 Å². The molecule has 6 aromatic carbocycles. The Bertz CT molecular complexity index is 2070. The smallest absolute Gasteiger partial charge is 0.208 e. The normalized spacial score (nSPS) is 12.8. The lowest BCUT2D eigenvalue weighted by Gasteiger charge is -2.33. The highest BCUT2D eigenvalue weighted by atomic mass is 35.5. The Hall–Kier alpha value is -5.38. The van der Waals surface area contributed by atoms with E-state index in [1.165, 1.54) is 22.3 Å². The highest BCUT2D eigenvalue weighted by molar-refractivity contribution is 6.28. The number of hydrogen-bond donors (Lipinski definition) is 0. The van der Waals surface area contributed by atoms with Gasteiger partial charge in [-0.15, -0.1) is 0 Å². The Labute approximate surface area is 261 Å². The van der Waals surface area contributed by atoms with Crippen molar-refractivity contribution in [2.45, 2.75) is 5.41 Å². The number of nitrogens with zero attached hydrogens (tertiary/aromatic N) is 3. The van der Waals surface area contributed by atoms with Gasteiger partial charge in [-0.05, 0) is 56.1 Å². The molecule has 1 heterocycles. The van der Waals surface area contributed by atoms with Crippen LogP contribution in [0.4, 0.5) is 0 Å². The van der Waals surface area contributed by atoms with E-state index < -0.39 is 5.41 Å². The number of fused-ring (bicyclic) bond motifs is 3. The molecule has 0 unspecified atom stereocenters. The van der Waals surface area contributed by atoms with Gasteiger partial charge in [0.15, 0.2) is 11.6 Å². The van der Waals surface area contributed by atoms with E-state index in [0.717, 1.165) is 33.4 Å². The predicted molar refractivity (Wildman–Crippen MR) is 178 cm³/mol. The minimum absolute atomic E-state index is 0.165. The summed E-state index contributed by atoms with van der Waals surface area (Å²) < 4.78 is 0. The molecule has 0 atom stereocenters. The van der Waals surface area contributed by atoms with Crippen molar-refractivity contribution in [1.29, 1.82) is 0 Å². The standard InChI is InChI=1S/C40H26ClN3/c41-39-43-37(29-25-23-28(24-26-29)27-13-4-1-5-14-27)42-38(44-39)33-20-12-22-35-36(33)32-19-10-11-21-34(32)40(35,30-15-6-2-7-16-30)31-17-8-3-9-18-31/h1-26H. The van der Waals surface area contributed by atoms with Crippen LogP contribution in [0.15, 0.2) is 158 Å². The van der Waals surface area contributed by atoms with Crippen LogP contribution in [0.25, 0.3) is 45.0 Å². The maximum Gasteiger partial charge on any atom is 0.226 e. The Kier molecular flexibility index (Phi) is 6.40. The second-order valence-electron chi connectivity index (χ2n) is 11.0. The first-order valence-electron chi connectivity index (χ1n) is 14.7. The number of rotatable bonds is 5. The van der Waals surface area contributed by atoms with Gasteiger partial charge in [0.1, 0.15) is 0 Å². The fourth-order valence-corrected chi connectivity index (χ4v) is 6.88. The molecule has 8 rings (SSSR count). The summed E-state index contributed by atoms with van der Waals surface area (Å²) in [5.74, 6) is 1.09. The first-order chi connectivity index (χ1) is 21.7. The summed E-state index contributed by atoms with van der Waals surface area (Å²) in [5, 5.41) is 0.165. The zero-order valence-corrected chi connectivity index (χ0v) is 24.5. The minimum atomic E-state index is -0.503. The average molecular weight is 584 g/mol. The monoisotopic (exact) mass is 583 g/mol. The van der Waals surface area contributed by atoms with Crippen molar-refractivity contribution in [3.63, 3.8) is 0 Å². The molecule has 1 aliphatic carbocycles. The topological polar surface area (TPSA) is 38.7 Å². The molecule has 0 radical (unpaired) electrons. The molecule has 0 saturated carbocycles. The van der Waals surface area contributed by atoms with Crippen LogP contribution in [0.1, 0.15) is 22.3 Å². The van der Waals surface area contributed by atoms with E-state index in [-0.39, 0.29) is 5.28 Å². The van der Waals surface area contributed by atoms with E-state index in [1.807, 2.05) is 30.3 Å². The van der Waals surface area contributed by atoms with Gasteiger partial charge in [0.05, 0.1) is 5.41 Å². The van der Waals surface area contributed by atoms with Gasteiger partial charge in [0.25, 0.3) is 0 Å². The fraction of sp³-hybridized carbons (Fsp3) is 0.0250. The fourth-order valence-electron chi connectivity index (χ4n) is 6.72. The molecule has 3 nitrogen and oxygen atoms in total. The predicted octanol–water partition coefficient (Wildman–Crippen LogP) is 9.89. The van der Waals surface area contributed by atoms with Gasteiger partial charge < -0.3 is 0 Å². The van der Waals surface area contributed by atoms with Gasteiger partial charge >= 0.3 is 0 Å². The molecule has 0 aliphatic heterocycles. The molecule has 0 N–H and O–H groups in total. The van der Waals surface area contributed by atoms with Crippen molar-refractivity contribution in [3.05, 3.63) is 185 Å². The van der Waals surface area contributed by atoms with Crippen molar-refractivity contribution in [2.24, 2.45) is 0 Å². The van der Waals surface area contributed by atoms with Crippen LogP contribution < -0.4 is 0 Å². The molecule has 0 saturated heterocycles. The molecule has 4 heteroatoms. The lowest BCUT2D eigenvalue weighted by molar-refractivity contribution is 0.768. The summed E-state index contributed by atoms with van der Waals surface area (Å²) >= 11 is 6.61. The van der Waals surface area contributed by atoms with Crippen molar-refractivity contribution in [1.82, 2.24) is 15.0 Å². The Morgan fingerprint density at radius 3 is 1.57 bits per heavy atom. The summed E-state index contributed by atoms with van der Waals surface area (Å²) in [6, 6.07) is 55.2. The molecule has 1 aromatic heterocycles. The maximum atomic E-state index is 6.61. The number of benzene rings is 6. The largest absolute Gasteiger partial charge is 0.226 e. The number of hydrogen-bond acceptors (Lipinski definition) is 3. The quantitative estimate of drug-likeness (QED) is 0.202. The molecule has 0 amide bonds. The summed E-state index contributed by atoms with van der Waals surface area (Å²) in [6.45, 7) is 0.